The van der Waals surface area contributed by atoms with E-state index in [0.717, 1.165) is 17.3 Å². The molecule has 0 saturated carbocycles. The van der Waals surface area contributed by atoms with Gasteiger partial charge in [-0.25, -0.2) is 9.78 Å². The Labute approximate surface area is 200 Å². The number of H-pyrrole nitrogens is 1. The number of aryl methyl sites for hydroxylation is 1. The number of anilines is 2. The van der Waals surface area contributed by atoms with Gasteiger partial charge in [0.25, 0.3) is 5.56 Å². The quantitative estimate of drug-likeness (QED) is 0.506. The first-order valence-corrected chi connectivity index (χ1v) is 10.7. The van der Waals surface area contributed by atoms with Gasteiger partial charge in [0.05, 0.1) is 29.7 Å². The zero-order valence-corrected chi connectivity index (χ0v) is 19.1. The van der Waals surface area contributed by atoms with Gasteiger partial charge in [-0.15, -0.1) is 0 Å². The van der Waals surface area contributed by atoms with E-state index in [9.17, 15) is 31.5 Å². The minimum atomic E-state index is -4.74. The number of urea groups is 1. The summed E-state index contributed by atoms with van der Waals surface area (Å²) >= 11 is 0. The Balaban J connectivity index is 1.52. The van der Waals surface area contributed by atoms with Gasteiger partial charge in [0, 0.05) is 38.8 Å². The van der Waals surface area contributed by atoms with E-state index in [1.165, 1.54) is 7.05 Å². The highest BCUT2D eigenvalue weighted by atomic mass is 19.4. The number of pyridine rings is 2. The van der Waals surface area contributed by atoms with Gasteiger partial charge in [0.2, 0.25) is 0 Å². The standard InChI is InChI=1S/C21H22F5N7O3/c1-31-9-12(21(24,25)26)6-14(18(31)34)29-20(35)32(2)15-3-4-33(10-16(15)36-19(22)23)13-5-11-7-28-30-17(11)27-8-13/h5-9,15-16,19H,3-4,10H2,1-2H3,(H,29,35)(H,27,28,30)/t15-,16+/m0/s1. The molecule has 3 aromatic heterocycles. The number of rotatable bonds is 5. The topological polar surface area (TPSA) is 108 Å². The number of hydrogen-bond donors (Lipinski definition) is 2. The molecule has 4 heterocycles. The van der Waals surface area contributed by atoms with Gasteiger partial charge in [-0.05, 0) is 18.6 Å². The molecule has 0 unspecified atom stereocenters. The molecule has 36 heavy (non-hydrogen) atoms. The minimum absolute atomic E-state index is 0.0109. The molecule has 2 atom stereocenters. The number of aromatic amines is 1. The number of carbonyl (C=O) groups is 1. The highest BCUT2D eigenvalue weighted by molar-refractivity contribution is 5.89. The molecule has 0 bridgehead atoms. The lowest BCUT2D eigenvalue weighted by atomic mass is 10.00. The molecule has 194 valence electrons. The molecule has 1 aliphatic rings. The van der Waals surface area contributed by atoms with Crippen molar-refractivity contribution >= 4 is 28.4 Å². The zero-order valence-electron chi connectivity index (χ0n) is 19.1. The Kier molecular flexibility index (Phi) is 6.84. The summed E-state index contributed by atoms with van der Waals surface area (Å²) in [6.07, 6.45) is -1.94. The molecule has 0 radical (unpaired) electrons. The third-order valence-corrected chi connectivity index (χ3v) is 6.01. The first kappa shape index (κ1) is 25.3. The predicted octanol–water partition coefficient (Wildman–Crippen LogP) is 3.03. The fourth-order valence-corrected chi connectivity index (χ4v) is 4.16. The molecule has 1 aliphatic heterocycles. The van der Waals surface area contributed by atoms with Crippen molar-refractivity contribution < 1.29 is 31.5 Å². The Morgan fingerprint density at radius 3 is 2.75 bits per heavy atom. The predicted molar refractivity (Wildman–Crippen MR) is 119 cm³/mol. The average Bonchev–Trinajstić information content (AvgIpc) is 3.28. The highest BCUT2D eigenvalue weighted by Gasteiger charge is 2.37. The molecule has 15 heteroatoms. The fourth-order valence-electron chi connectivity index (χ4n) is 4.16. The van der Waals surface area contributed by atoms with E-state index in [4.69, 9.17) is 4.74 Å². The van der Waals surface area contributed by atoms with Crippen LogP contribution in [-0.2, 0) is 18.0 Å². The van der Waals surface area contributed by atoms with Gasteiger partial charge in [0.15, 0.2) is 5.65 Å². The van der Waals surface area contributed by atoms with E-state index in [2.05, 4.69) is 20.5 Å². The Hall–Kier alpha value is -3.75. The van der Waals surface area contributed by atoms with Crippen LogP contribution >= 0.6 is 0 Å². The third kappa shape index (κ3) is 5.24. The van der Waals surface area contributed by atoms with Crippen molar-refractivity contribution in [1.29, 1.82) is 0 Å². The Bertz CT molecular complexity index is 1310. The number of amides is 2. The summed E-state index contributed by atoms with van der Waals surface area (Å²) in [6, 6.07) is 0.526. The number of piperidine rings is 1. The number of hydrogen-bond acceptors (Lipinski definition) is 6. The van der Waals surface area contributed by atoms with Crippen LogP contribution in [0.3, 0.4) is 0 Å². The number of fused-ring (bicyclic) bond motifs is 1. The number of aromatic nitrogens is 4. The molecule has 10 nitrogen and oxygen atoms in total. The summed E-state index contributed by atoms with van der Waals surface area (Å²) in [5, 5.41) is 9.50. The van der Waals surface area contributed by atoms with Crippen LogP contribution < -0.4 is 15.8 Å². The summed E-state index contributed by atoms with van der Waals surface area (Å²) in [7, 11) is 2.42. The lowest BCUT2D eigenvalue weighted by Gasteiger charge is -2.42. The van der Waals surface area contributed by atoms with Gasteiger partial charge >= 0.3 is 18.8 Å². The lowest BCUT2D eigenvalue weighted by molar-refractivity contribution is -0.176. The second-order valence-electron chi connectivity index (χ2n) is 8.34. The summed E-state index contributed by atoms with van der Waals surface area (Å²) in [6.45, 7) is -2.79. The number of halogens is 5. The lowest BCUT2D eigenvalue weighted by Crippen LogP contribution is -2.57. The normalized spacial score (nSPS) is 18.6. The third-order valence-electron chi connectivity index (χ3n) is 6.01. The van der Waals surface area contributed by atoms with Crippen molar-refractivity contribution in [2.75, 3.05) is 30.4 Å². The molecule has 0 aromatic carbocycles. The maximum Gasteiger partial charge on any atom is 0.417 e. The van der Waals surface area contributed by atoms with Crippen LogP contribution in [-0.4, -0.2) is 69.6 Å². The fraction of sp³-hybridized carbons (Fsp3) is 0.429. The van der Waals surface area contributed by atoms with E-state index in [1.54, 1.807) is 23.4 Å². The van der Waals surface area contributed by atoms with Gasteiger partial charge in [0.1, 0.15) is 11.8 Å². The maximum atomic E-state index is 13.2. The summed E-state index contributed by atoms with van der Waals surface area (Å²) < 4.78 is 71.4. The minimum Gasteiger partial charge on any atom is -0.367 e. The Morgan fingerprint density at radius 2 is 2.06 bits per heavy atom. The smallest absolute Gasteiger partial charge is 0.367 e. The number of nitrogens with one attached hydrogen (secondary N) is 2. The highest BCUT2D eigenvalue weighted by Crippen LogP contribution is 2.30. The first-order valence-electron chi connectivity index (χ1n) is 10.7. The van der Waals surface area contributed by atoms with Crippen LogP contribution in [0.2, 0.25) is 0 Å². The van der Waals surface area contributed by atoms with Crippen molar-refractivity contribution in [3.05, 3.63) is 46.6 Å². The molecule has 0 aliphatic carbocycles. The summed E-state index contributed by atoms with van der Waals surface area (Å²) in [5.74, 6) is 0. The largest absolute Gasteiger partial charge is 0.417 e. The summed E-state index contributed by atoms with van der Waals surface area (Å²) in [5.41, 5.74) is -1.37. The van der Waals surface area contributed by atoms with Crippen LogP contribution in [0.5, 0.6) is 0 Å². The van der Waals surface area contributed by atoms with E-state index in [0.29, 0.717) is 34.7 Å². The molecular formula is C21H22F5N7O3. The van der Waals surface area contributed by atoms with E-state index in [-0.39, 0.29) is 13.0 Å². The number of likely N-dealkylation sites (N-methyl/N-ethyl adjacent to an activating group) is 1. The van der Waals surface area contributed by atoms with Gasteiger partial charge in [-0.3, -0.25) is 9.89 Å². The second-order valence-corrected chi connectivity index (χ2v) is 8.34. The van der Waals surface area contributed by atoms with Crippen molar-refractivity contribution in [1.82, 2.24) is 24.6 Å². The van der Waals surface area contributed by atoms with Crippen LogP contribution in [0.15, 0.2) is 35.5 Å². The first-order chi connectivity index (χ1) is 16.9. The van der Waals surface area contributed by atoms with Crippen LogP contribution in [0, 0.1) is 0 Å². The van der Waals surface area contributed by atoms with Crippen LogP contribution in [0.1, 0.15) is 12.0 Å². The molecule has 2 N–H and O–H groups in total. The summed E-state index contributed by atoms with van der Waals surface area (Å²) in [4.78, 5) is 32.2. The molecule has 1 fully saturated rings. The van der Waals surface area contributed by atoms with E-state index in [1.807, 2.05) is 0 Å². The van der Waals surface area contributed by atoms with Crippen molar-refractivity contribution in [3.63, 3.8) is 0 Å². The molecular weight excluding hydrogens is 493 g/mol. The average molecular weight is 515 g/mol. The monoisotopic (exact) mass is 515 g/mol. The van der Waals surface area contributed by atoms with Crippen molar-refractivity contribution in [2.45, 2.75) is 31.4 Å². The number of alkyl halides is 5. The zero-order chi connectivity index (χ0) is 26.2. The Morgan fingerprint density at radius 1 is 1.31 bits per heavy atom. The van der Waals surface area contributed by atoms with E-state index < -0.39 is 47.8 Å². The number of carbonyl (C=O) groups excluding carboxylic acids is 1. The molecule has 1 saturated heterocycles. The molecule has 4 rings (SSSR count). The number of nitrogens with zero attached hydrogens (tertiary/aromatic N) is 5. The van der Waals surface area contributed by atoms with Gasteiger partial charge < -0.3 is 24.4 Å². The molecule has 3 aromatic rings. The number of ether oxygens (including phenoxy) is 1. The SMILES string of the molecule is CN(C(=O)Nc1cc(C(F)(F)F)cn(C)c1=O)[C@H]1CCN(c2cnc3[nH]ncc3c2)C[C@H]1OC(F)F. The maximum absolute atomic E-state index is 13.2. The van der Waals surface area contributed by atoms with Crippen LogP contribution in [0.4, 0.5) is 38.1 Å². The second kappa shape index (κ2) is 9.72. The molecule has 0 spiro atoms. The van der Waals surface area contributed by atoms with Gasteiger partial charge in [-0.2, -0.15) is 27.1 Å². The molecule has 2 amide bonds. The van der Waals surface area contributed by atoms with Crippen LogP contribution in [0.25, 0.3) is 11.0 Å². The van der Waals surface area contributed by atoms with Crippen molar-refractivity contribution in [3.8, 4) is 0 Å². The van der Waals surface area contributed by atoms with Crippen molar-refractivity contribution in [2.24, 2.45) is 7.05 Å². The van der Waals surface area contributed by atoms with E-state index >= 15 is 0 Å². The van der Waals surface area contributed by atoms with Gasteiger partial charge in [-0.1, -0.05) is 0 Å².